The van der Waals surface area contributed by atoms with E-state index in [9.17, 15) is 12.8 Å². The summed E-state index contributed by atoms with van der Waals surface area (Å²) in [6.45, 7) is 4.73. The molecule has 1 aromatic carbocycles. The Labute approximate surface area is 201 Å². The van der Waals surface area contributed by atoms with Crippen molar-refractivity contribution in [2.24, 2.45) is 5.73 Å². The van der Waals surface area contributed by atoms with Crippen molar-refractivity contribution in [2.45, 2.75) is 45.7 Å². The van der Waals surface area contributed by atoms with E-state index < -0.39 is 16.0 Å². The van der Waals surface area contributed by atoms with Crippen molar-refractivity contribution in [1.29, 1.82) is 0 Å². The fourth-order valence-electron chi connectivity index (χ4n) is 4.00. The Morgan fingerprint density at radius 2 is 1.85 bits per heavy atom. The van der Waals surface area contributed by atoms with Crippen molar-refractivity contribution in [3.05, 3.63) is 65.9 Å². The smallest absolute Gasteiger partial charge is 0.238 e. The van der Waals surface area contributed by atoms with Crippen LogP contribution in [0.15, 0.2) is 48.8 Å². The van der Waals surface area contributed by atoms with E-state index in [-0.39, 0.29) is 5.75 Å². The number of benzene rings is 1. The maximum atomic E-state index is 14.2. The molecule has 3 aromatic rings. The first-order valence-corrected chi connectivity index (χ1v) is 13.5. The zero-order valence-electron chi connectivity index (χ0n) is 19.8. The molecule has 0 spiro atoms. The van der Waals surface area contributed by atoms with E-state index in [4.69, 9.17) is 10.5 Å². The van der Waals surface area contributed by atoms with Crippen molar-refractivity contribution in [3.8, 4) is 0 Å². The molecular weight excluding hydrogens is 455 g/mol. The van der Waals surface area contributed by atoms with Crippen LogP contribution >= 0.6 is 0 Å². The Morgan fingerprint density at radius 1 is 1.06 bits per heavy atom. The summed E-state index contributed by atoms with van der Waals surface area (Å²) in [5.41, 5.74) is 7.53. The second-order valence-electron chi connectivity index (χ2n) is 8.41. The van der Waals surface area contributed by atoms with Gasteiger partial charge in [0.25, 0.3) is 0 Å². The molecule has 0 bridgehead atoms. The van der Waals surface area contributed by atoms with Crippen molar-refractivity contribution in [2.75, 3.05) is 32.1 Å². The van der Waals surface area contributed by atoms with Crippen LogP contribution in [-0.2, 0) is 27.8 Å². The van der Waals surface area contributed by atoms with Gasteiger partial charge in [-0.25, -0.2) is 17.4 Å². The summed E-state index contributed by atoms with van der Waals surface area (Å²) in [6, 6.07) is 10.9. The van der Waals surface area contributed by atoms with Crippen molar-refractivity contribution < 1.29 is 17.5 Å². The van der Waals surface area contributed by atoms with Crippen LogP contribution < -0.4 is 5.73 Å². The van der Waals surface area contributed by atoms with Gasteiger partial charge in [0, 0.05) is 49.5 Å². The van der Waals surface area contributed by atoms with Crippen LogP contribution in [0, 0.1) is 5.95 Å². The Kier molecular flexibility index (Phi) is 10.0. The van der Waals surface area contributed by atoms with E-state index in [0.717, 1.165) is 30.2 Å². The highest BCUT2D eigenvalue weighted by Gasteiger charge is 2.20. The monoisotopic (exact) mass is 490 g/mol. The Hall–Kier alpha value is -2.33. The van der Waals surface area contributed by atoms with Gasteiger partial charge in [0.15, 0.2) is 0 Å². The van der Waals surface area contributed by atoms with Gasteiger partial charge in [-0.2, -0.15) is 4.39 Å². The third kappa shape index (κ3) is 7.09. The number of pyridine rings is 1. The fourth-order valence-corrected chi connectivity index (χ4v) is 5.51. The van der Waals surface area contributed by atoms with Gasteiger partial charge in [0.2, 0.25) is 16.0 Å². The molecule has 2 aromatic heterocycles. The van der Waals surface area contributed by atoms with E-state index in [2.05, 4.69) is 11.9 Å². The summed E-state index contributed by atoms with van der Waals surface area (Å²) in [7, 11) is -3.48. The van der Waals surface area contributed by atoms with Crippen LogP contribution in [-0.4, -0.2) is 54.3 Å². The molecule has 0 radical (unpaired) electrons. The minimum atomic E-state index is -3.48. The average Bonchev–Trinajstić information content (AvgIpc) is 3.20. The van der Waals surface area contributed by atoms with E-state index in [1.165, 1.54) is 10.2 Å². The predicted molar refractivity (Wildman–Crippen MR) is 133 cm³/mol. The molecule has 0 aliphatic rings. The molecule has 0 amide bonds. The summed E-state index contributed by atoms with van der Waals surface area (Å²) in [4.78, 5) is 5.79. The molecule has 0 unspecified atom stereocenters. The molecular formula is C25H35FN4O3S. The van der Waals surface area contributed by atoms with Crippen molar-refractivity contribution in [1.82, 2.24) is 13.9 Å². The van der Waals surface area contributed by atoms with Gasteiger partial charge < -0.3 is 10.5 Å². The lowest BCUT2D eigenvalue weighted by Gasteiger charge is -2.22. The van der Waals surface area contributed by atoms with Crippen LogP contribution in [0.2, 0.25) is 0 Å². The third-order valence-electron chi connectivity index (χ3n) is 5.75. The fraction of sp³-hybridized carbons (Fsp3) is 0.480. The second kappa shape index (κ2) is 12.9. The lowest BCUT2D eigenvalue weighted by Crippen LogP contribution is -2.28. The van der Waals surface area contributed by atoms with Crippen LogP contribution in [0.1, 0.15) is 43.7 Å². The van der Waals surface area contributed by atoms with Crippen LogP contribution in [0.25, 0.3) is 10.9 Å². The predicted octanol–water partition coefficient (Wildman–Crippen LogP) is 3.91. The number of fused-ring (bicyclic) bond motifs is 1. The van der Waals surface area contributed by atoms with Gasteiger partial charge in [-0.3, -0.25) is 4.90 Å². The molecule has 7 nitrogen and oxygen atoms in total. The highest BCUT2D eigenvalue weighted by atomic mass is 32.2. The number of halogens is 1. The number of para-hydroxylation sites is 1. The van der Waals surface area contributed by atoms with E-state index in [1.807, 2.05) is 29.2 Å². The highest BCUT2D eigenvalue weighted by Crippen LogP contribution is 2.25. The number of rotatable bonds is 15. The molecule has 0 aliphatic heterocycles. The molecule has 3 rings (SSSR count). The SMILES string of the molecule is CCCCCCS(=O)(=O)n1cc(CN(CCOCCN)Cc2cccnc2F)c2ccccc21. The molecule has 0 atom stereocenters. The maximum absolute atomic E-state index is 14.2. The molecule has 9 heteroatoms. The number of aromatic nitrogens is 2. The summed E-state index contributed by atoms with van der Waals surface area (Å²) in [5, 5.41) is 0.874. The molecule has 0 aliphatic carbocycles. The lowest BCUT2D eigenvalue weighted by atomic mass is 10.1. The highest BCUT2D eigenvalue weighted by molar-refractivity contribution is 7.90. The number of nitrogens with zero attached hydrogens (tertiary/aromatic N) is 3. The minimum Gasteiger partial charge on any atom is -0.379 e. The zero-order chi connectivity index (χ0) is 24.4. The lowest BCUT2D eigenvalue weighted by molar-refractivity contribution is 0.103. The zero-order valence-corrected chi connectivity index (χ0v) is 20.6. The summed E-state index contributed by atoms with van der Waals surface area (Å²) in [6.07, 6.45) is 6.76. The Bertz CT molecular complexity index is 1150. The maximum Gasteiger partial charge on any atom is 0.238 e. The number of hydrogen-bond donors (Lipinski definition) is 1. The standard InChI is InChI=1S/C25H35FN4O3S/c1-2-3-4-7-17-34(31,32)30-20-22(23-10-5-6-11-24(23)30)19-29(14-16-33-15-12-27)18-21-9-8-13-28-25(21)26/h5-6,8-11,13,20H,2-4,7,12,14-19,27H2,1H3. The van der Waals surface area contributed by atoms with Gasteiger partial charge >= 0.3 is 0 Å². The number of nitrogens with two attached hydrogens (primary N) is 1. The van der Waals surface area contributed by atoms with Gasteiger partial charge in [0.05, 0.1) is 24.5 Å². The van der Waals surface area contributed by atoms with Crippen LogP contribution in [0.3, 0.4) is 0 Å². The first kappa shape index (κ1) is 26.3. The average molecular weight is 491 g/mol. The number of ether oxygens (including phenoxy) is 1. The van der Waals surface area contributed by atoms with Gasteiger partial charge in [-0.1, -0.05) is 50.5 Å². The molecule has 2 heterocycles. The summed E-state index contributed by atoms with van der Waals surface area (Å²) < 4.78 is 47.5. The summed E-state index contributed by atoms with van der Waals surface area (Å²) in [5.74, 6) is -0.393. The topological polar surface area (TPSA) is 90.5 Å². The van der Waals surface area contributed by atoms with Crippen molar-refractivity contribution >= 4 is 20.9 Å². The first-order chi connectivity index (χ1) is 16.5. The quantitative estimate of drug-likeness (QED) is 0.257. The largest absolute Gasteiger partial charge is 0.379 e. The molecule has 0 saturated heterocycles. The molecule has 186 valence electrons. The van der Waals surface area contributed by atoms with Crippen molar-refractivity contribution in [3.63, 3.8) is 0 Å². The first-order valence-electron chi connectivity index (χ1n) is 11.9. The van der Waals surface area contributed by atoms with Gasteiger partial charge in [-0.15, -0.1) is 0 Å². The summed E-state index contributed by atoms with van der Waals surface area (Å²) >= 11 is 0. The Morgan fingerprint density at radius 3 is 2.62 bits per heavy atom. The molecule has 2 N–H and O–H groups in total. The van der Waals surface area contributed by atoms with E-state index in [1.54, 1.807) is 18.3 Å². The molecule has 0 fully saturated rings. The molecule has 0 saturated carbocycles. The Balaban J connectivity index is 1.86. The van der Waals surface area contributed by atoms with Gasteiger partial charge in [-0.05, 0) is 24.1 Å². The molecule has 34 heavy (non-hydrogen) atoms. The number of unbranched alkanes of at least 4 members (excludes halogenated alkanes) is 3. The second-order valence-corrected chi connectivity index (χ2v) is 10.4. The minimum absolute atomic E-state index is 0.114. The van der Waals surface area contributed by atoms with E-state index >= 15 is 0 Å². The normalized spacial score (nSPS) is 12.1. The number of hydrogen-bond acceptors (Lipinski definition) is 6. The third-order valence-corrected chi connectivity index (χ3v) is 7.46. The van der Waals surface area contributed by atoms with Crippen LogP contribution in [0.4, 0.5) is 4.39 Å². The van der Waals surface area contributed by atoms with Crippen LogP contribution in [0.5, 0.6) is 0 Å². The van der Waals surface area contributed by atoms with E-state index in [0.29, 0.717) is 56.9 Å². The van der Waals surface area contributed by atoms with Gasteiger partial charge in [0.1, 0.15) is 0 Å².